The molecule has 0 fully saturated rings. The maximum atomic E-state index is 11.9. The van der Waals surface area contributed by atoms with Crippen molar-refractivity contribution in [3.63, 3.8) is 0 Å². The summed E-state index contributed by atoms with van der Waals surface area (Å²) < 4.78 is 0. The van der Waals surface area contributed by atoms with E-state index in [4.69, 9.17) is 0 Å². The molecule has 0 aliphatic heterocycles. The van der Waals surface area contributed by atoms with Crippen LogP contribution in [0.25, 0.3) is 0 Å². The van der Waals surface area contributed by atoms with Crippen LogP contribution in [0.4, 0.5) is 0 Å². The molecule has 1 rings (SSSR count). The summed E-state index contributed by atoms with van der Waals surface area (Å²) in [5, 5.41) is 4.09. The van der Waals surface area contributed by atoms with Gasteiger partial charge < -0.3 is 5.32 Å². The van der Waals surface area contributed by atoms with Gasteiger partial charge in [0.05, 0.1) is 5.03 Å². The molecular formula is C26H44N2OS. The zero-order chi connectivity index (χ0) is 21.5. The van der Waals surface area contributed by atoms with Crippen LogP contribution in [0.2, 0.25) is 0 Å². The van der Waals surface area contributed by atoms with E-state index < -0.39 is 0 Å². The number of unbranched alkanes of at least 4 members (excludes halogenated alkanes) is 11. The van der Waals surface area contributed by atoms with Gasteiger partial charge in [0.25, 0.3) is 0 Å². The molecule has 0 aliphatic carbocycles. The van der Waals surface area contributed by atoms with Crippen molar-refractivity contribution in [2.75, 3.05) is 12.3 Å². The number of nitrogens with zero attached hydrogens (tertiary/aromatic N) is 1. The molecule has 0 unspecified atom stereocenters. The summed E-state index contributed by atoms with van der Waals surface area (Å²) in [6.07, 6.45) is 25.0. The highest BCUT2D eigenvalue weighted by Gasteiger charge is 2.01. The van der Waals surface area contributed by atoms with E-state index in [0.29, 0.717) is 6.42 Å². The highest BCUT2D eigenvalue weighted by atomic mass is 32.2. The minimum atomic E-state index is 0.204. The summed E-state index contributed by atoms with van der Waals surface area (Å²) in [6.45, 7) is 3.04. The van der Waals surface area contributed by atoms with Crippen molar-refractivity contribution in [1.82, 2.24) is 10.3 Å². The Morgan fingerprint density at radius 3 is 2.23 bits per heavy atom. The monoisotopic (exact) mass is 432 g/mol. The predicted octanol–water partition coefficient (Wildman–Crippen LogP) is 7.72. The molecule has 170 valence electrons. The molecule has 1 heterocycles. The SMILES string of the molecule is CCCCCCCC/C=C\CCCCCCCC(=O)NCCCSc1ccccn1. The standard InChI is InChI=1S/C26H44N2OS/c1-2-3-4-5-6-7-8-9-10-11-12-13-14-15-16-20-25(29)27-23-19-24-30-26-21-17-18-22-28-26/h9-10,17-18,21-22H,2-8,11-16,19-20,23-24H2,1H3,(H,27,29)/b10-9-. The number of allylic oxidation sites excluding steroid dienone is 2. The topological polar surface area (TPSA) is 42.0 Å². The van der Waals surface area contributed by atoms with Crippen molar-refractivity contribution in [2.24, 2.45) is 0 Å². The number of amides is 1. The highest BCUT2D eigenvalue weighted by Crippen LogP contribution is 2.14. The van der Waals surface area contributed by atoms with Crippen molar-refractivity contribution < 1.29 is 4.79 Å². The van der Waals surface area contributed by atoms with Crippen molar-refractivity contribution in [3.8, 4) is 0 Å². The number of pyridine rings is 1. The Hall–Kier alpha value is -1.29. The van der Waals surface area contributed by atoms with Crippen LogP contribution in [-0.2, 0) is 4.79 Å². The normalized spacial score (nSPS) is 11.2. The van der Waals surface area contributed by atoms with Gasteiger partial charge in [0.1, 0.15) is 0 Å². The Balaban J connectivity index is 1.78. The summed E-state index contributed by atoms with van der Waals surface area (Å²) in [4.78, 5) is 16.2. The zero-order valence-electron chi connectivity index (χ0n) is 19.2. The molecule has 0 atom stereocenters. The number of rotatable bonds is 20. The predicted molar refractivity (Wildman–Crippen MR) is 132 cm³/mol. The molecule has 4 heteroatoms. The molecule has 1 aromatic heterocycles. The lowest BCUT2D eigenvalue weighted by molar-refractivity contribution is -0.121. The second-order valence-corrected chi connectivity index (χ2v) is 9.17. The van der Waals surface area contributed by atoms with E-state index in [1.54, 1.807) is 11.8 Å². The van der Waals surface area contributed by atoms with Crippen LogP contribution in [0.1, 0.15) is 103 Å². The molecule has 1 aromatic rings. The van der Waals surface area contributed by atoms with Crippen molar-refractivity contribution in [2.45, 2.75) is 108 Å². The van der Waals surface area contributed by atoms with Crippen molar-refractivity contribution in [3.05, 3.63) is 36.5 Å². The molecule has 0 spiro atoms. The molecule has 0 aromatic carbocycles. The Labute approximate surface area is 189 Å². The molecular weight excluding hydrogens is 388 g/mol. The summed E-state index contributed by atoms with van der Waals surface area (Å²) in [5.74, 6) is 1.19. The van der Waals surface area contributed by atoms with Gasteiger partial charge in [-0.25, -0.2) is 4.98 Å². The van der Waals surface area contributed by atoms with Gasteiger partial charge in [-0.05, 0) is 50.7 Å². The maximum absolute atomic E-state index is 11.9. The molecule has 30 heavy (non-hydrogen) atoms. The van der Waals surface area contributed by atoms with Gasteiger partial charge in [-0.3, -0.25) is 4.79 Å². The van der Waals surface area contributed by atoms with Crippen LogP contribution in [0, 0.1) is 0 Å². The summed E-state index contributed by atoms with van der Waals surface area (Å²) in [6, 6.07) is 5.96. The van der Waals surface area contributed by atoms with Gasteiger partial charge in [-0.2, -0.15) is 0 Å². The average Bonchev–Trinajstić information content (AvgIpc) is 2.77. The van der Waals surface area contributed by atoms with Gasteiger partial charge in [0, 0.05) is 24.9 Å². The first-order valence-corrected chi connectivity index (χ1v) is 13.3. The van der Waals surface area contributed by atoms with Crippen LogP contribution in [-0.4, -0.2) is 23.2 Å². The minimum absolute atomic E-state index is 0.204. The van der Waals surface area contributed by atoms with E-state index in [-0.39, 0.29) is 5.91 Å². The second kappa shape index (κ2) is 21.0. The van der Waals surface area contributed by atoms with Gasteiger partial charge >= 0.3 is 0 Å². The van der Waals surface area contributed by atoms with Crippen molar-refractivity contribution >= 4 is 17.7 Å². The van der Waals surface area contributed by atoms with E-state index in [0.717, 1.165) is 30.2 Å². The van der Waals surface area contributed by atoms with E-state index in [2.05, 4.69) is 29.4 Å². The molecule has 0 bridgehead atoms. The molecule has 0 aliphatic rings. The number of carbonyl (C=O) groups is 1. The summed E-state index contributed by atoms with van der Waals surface area (Å²) in [5.41, 5.74) is 0. The Kier molecular flexibility index (Phi) is 18.7. The van der Waals surface area contributed by atoms with E-state index in [9.17, 15) is 4.79 Å². The van der Waals surface area contributed by atoms with E-state index in [1.807, 2.05) is 24.4 Å². The van der Waals surface area contributed by atoms with Crippen LogP contribution in [0.3, 0.4) is 0 Å². The third kappa shape index (κ3) is 17.6. The summed E-state index contributed by atoms with van der Waals surface area (Å²) in [7, 11) is 0. The van der Waals surface area contributed by atoms with Gasteiger partial charge in [-0.1, -0.05) is 76.5 Å². The minimum Gasteiger partial charge on any atom is -0.356 e. The average molecular weight is 433 g/mol. The fraction of sp³-hybridized carbons (Fsp3) is 0.692. The fourth-order valence-electron chi connectivity index (χ4n) is 3.35. The number of hydrogen-bond acceptors (Lipinski definition) is 3. The first kappa shape index (κ1) is 26.7. The maximum Gasteiger partial charge on any atom is 0.219 e. The van der Waals surface area contributed by atoms with Gasteiger partial charge in [0.2, 0.25) is 5.91 Å². The van der Waals surface area contributed by atoms with Crippen LogP contribution in [0.15, 0.2) is 41.6 Å². The zero-order valence-corrected chi connectivity index (χ0v) is 20.1. The number of hydrogen-bond donors (Lipinski definition) is 1. The summed E-state index contributed by atoms with van der Waals surface area (Å²) >= 11 is 1.74. The Morgan fingerprint density at radius 2 is 1.57 bits per heavy atom. The third-order valence-electron chi connectivity index (χ3n) is 5.20. The first-order valence-electron chi connectivity index (χ1n) is 12.3. The molecule has 0 radical (unpaired) electrons. The lowest BCUT2D eigenvalue weighted by atomic mass is 10.1. The van der Waals surface area contributed by atoms with Gasteiger partial charge in [-0.15, -0.1) is 11.8 Å². The Morgan fingerprint density at radius 1 is 0.900 bits per heavy atom. The molecule has 1 N–H and O–H groups in total. The van der Waals surface area contributed by atoms with Crippen LogP contribution in [0.5, 0.6) is 0 Å². The number of carbonyl (C=O) groups excluding carboxylic acids is 1. The largest absolute Gasteiger partial charge is 0.356 e. The van der Waals surface area contributed by atoms with E-state index in [1.165, 1.54) is 77.0 Å². The van der Waals surface area contributed by atoms with Crippen molar-refractivity contribution in [1.29, 1.82) is 0 Å². The molecule has 1 amide bonds. The number of nitrogens with one attached hydrogen (secondary N) is 1. The number of aromatic nitrogens is 1. The lowest BCUT2D eigenvalue weighted by Crippen LogP contribution is -2.24. The smallest absolute Gasteiger partial charge is 0.219 e. The quantitative estimate of drug-likeness (QED) is 0.130. The molecule has 3 nitrogen and oxygen atoms in total. The lowest BCUT2D eigenvalue weighted by Gasteiger charge is -2.05. The van der Waals surface area contributed by atoms with Crippen LogP contribution >= 0.6 is 11.8 Å². The Bertz CT molecular complexity index is 533. The fourth-order valence-corrected chi connectivity index (χ4v) is 4.16. The first-order chi connectivity index (χ1) is 14.8. The molecule has 0 saturated carbocycles. The van der Waals surface area contributed by atoms with E-state index >= 15 is 0 Å². The highest BCUT2D eigenvalue weighted by molar-refractivity contribution is 7.99. The van der Waals surface area contributed by atoms with Crippen LogP contribution < -0.4 is 5.32 Å². The number of thioether (sulfide) groups is 1. The third-order valence-corrected chi connectivity index (χ3v) is 6.23. The second-order valence-electron chi connectivity index (χ2n) is 8.05. The molecule has 0 saturated heterocycles. The van der Waals surface area contributed by atoms with Gasteiger partial charge in [0.15, 0.2) is 0 Å².